The van der Waals surface area contributed by atoms with Crippen molar-refractivity contribution in [3.63, 3.8) is 0 Å². The van der Waals surface area contributed by atoms with E-state index in [9.17, 15) is 0 Å². The van der Waals surface area contributed by atoms with Crippen LogP contribution in [-0.2, 0) is 0 Å². The first-order valence-corrected chi connectivity index (χ1v) is 7.69. The molecule has 0 radical (unpaired) electrons. The normalized spacial score (nSPS) is 18.6. The minimum absolute atomic E-state index is 0.532. The number of aryl methyl sites for hydroxylation is 1. The molecule has 3 N–H and O–H groups in total. The van der Waals surface area contributed by atoms with Gasteiger partial charge in [-0.15, -0.1) is 0 Å². The molecule has 1 aromatic rings. The van der Waals surface area contributed by atoms with Crippen molar-refractivity contribution < 1.29 is 0 Å². The predicted molar refractivity (Wildman–Crippen MR) is 83.0 cm³/mol. The summed E-state index contributed by atoms with van der Waals surface area (Å²) in [6.07, 6.45) is 6.91. The monoisotopic (exact) mass is 310 g/mol. The third kappa shape index (κ3) is 3.19. The molecule has 1 aromatic carbocycles. The number of hydrogen-bond acceptors (Lipinski definition) is 2. The Bertz CT molecular complexity index is 411. The molecule has 0 heterocycles. The number of hydrogen-bond donors (Lipinski definition) is 2. The second kappa shape index (κ2) is 5.96. The summed E-state index contributed by atoms with van der Waals surface area (Å²) in [6.45, 7) is 4.35. The van der Waals surface area contributed by atoms with Crippen LogP contribution >= 0.6 is 15.9 Å². The Morgan fingerprint density at radius 3 is 2.61 bits per heavy atom. The number of anilines is 2. The number of rotatable bonds is 3. The molecule has 0 aromatic heterocycles. The molecule has 0 aliphatic heterocycles. The summed E-state index contributed by atoms with van der Waals surface area (Å²) in [4.78, 5) is 0. The summed E-state index contributed by atoms with van der Waals surface area (Å²) in [5.41, 5.74) is 9.05. The van der Waals surface area contributed by atoms with Crippen LogP contribution in [0.4, 0.5) is 11.4 Å². The molecule has 1 atom stereocenters. The number of nitrogen functional groups attached to an aromatic ring is 1. The van der Waals surface area contributed by atoms with Crippen molar-refractivity contribution in [3.05, 3.63) is 22.2 Å². The van der Waals surface area contributed by atoms with E-state index in [4.69, 9.17) is 5.73 Å². The highest BCUT2D eigenvalue weighted by atomic mass is 79.9. The Hall–Kier alpha value is -0.700. The van der Waals surface area contributed by atoms with Crippen LogP contribution in [0.2, 0.25) is 0 Å². The first-order chi connectivity index (χ1) is 8.58. The summed E-state index contributed by atoms with van der Waals surface area (Å²) in [6, 6.07) is 4.66. The van der Waals surface area contributed by atoms with Crippen LogP contribution in [0.3, 0.4) is 0 Å². The highest BCUT2D eigenvalue weighted by Gasteiger charge is 2.20. The smallest absolute Gasteiger partial charge is 0.0490 e. The van der Waals surface area contributed by atoms with Gasteiger partial charge in [0.05, 0.1) is 0 Å². The van der Waals surface area contributed by atoms with Gasteiger partial charge in [-0.3, -0.25) is 0 Å². The molecule has 1 aliphatic carbocycles. The molecule has 3 heteroatoms. The van der Waals surface area contributed by atoms with Gasteiger partial charge in [0.2, 0.25) is 0 Å². The van der Waals surface area contributed by atoms with E-state index in [1.807, 2.05) is 6.07 Å². The molecule has 0 saturated heterocycles. The summed E-state index contributed by atoms with van der Waals surface area (Å²) in [7, 11) is 0. The van der Waals surface area contributed by atoms with Crippen LogP contribution in [0, 0.1) is 12.8 Å². The standard InChI is InChI=1S/C15H23BrN2/c1-10-8-15(13(16)9-14(10)17)18-11(2)12-6-4-3-5-7-12/h8-9,11-12,18H,3-7,17H2,1-2H3. The number of halogens is 1. The maximum atomic E-state index is 5.91. The summed E-state index contributed by atoms with van der Waals surface area (Å²) < 4.78 is 1.06. The lowest BCUT2D eigenvalue weighted by molar-refractivity contribution is 0.328. The van der Waals surface area contributed by atoms with Gasteiger partial charge in [-0.1, -0.05) is 19.3 Å². The minimum Gasteiger partial charge on any atom is -0.398 e. The fraction of sp³-hybridized carbons (Fsp3) is 0.600. The van der Waals surface area contributed by atoms with Crippen molar-refractivity contribution >= 4 is 27.3 Å². The Kier molecular flexibility index (Phi) is 4.55. The Balaban J connectivity index is 2.06. The molecule has 0 spiro atoms. The van der Waals surface area contributed by atoms with Gasteiger partial charge in [-0.25, -0.2) is 0 Å². The lowest BCUT2D eigenvalue weighted by Gasteiger charge is -2.29. The average molecular weight is 311 g/mol. The molecule has 1 unspecified atom stereocenters. The van der Waals surface area contributed by atoms with E-state index >= 15 is 0 Å². The van der Waals surface area contributed by atoms with E-state index < -0.39 is 0 Å². The van der Waals surface area contributed by atoms with E-state index in [0.29, 0.717) is 6.04 Å². The average Bonchev–Trinajstić information content (AvgIpc) is 2.37. The van der Waals surface area contributed by atoms with Crippen molar-refractivity contribution in [2.24, 2.45) is 5.92 Å². The summed E-state index contributed by atoms with van der Waals surface area (Å²) in [5, 5.41) is 3.65. The lowest BCUT2D eigenvalue weighted by atomic mass is 9.84. The van der Waals surface area contributed by atoms with Gasteiger partial charge in [0.15, 0.2) is 0 Å². The van der Waals surface area contributed by atoms with Crippen molar-refractivity contribution in [2.75, 3.05) is 11.1 Å². The van der Waals surface area contributed by atoms with E-state index in [0.717, 1.165) is 21.6 Å². The van der Waals surface area contributed by atoms with E-state index in [1.165, 1.54) is 37.8 Å². The SMILES string of the molecule is Cc1cc(NC(C)C2CCCCC2)c(Br)cc1N. The highest BCUT2D eigenvalue weighted by molar-refractivity contribution is 9.10. The fourth-order valence-corrected chi connectivity index (χ4v) is 3.28. The van der Waals surface area contributed by atoms with Crippen molar-refractivity contribution in [2.45, 2.75) is 52.0 Å². The number of nitrogens with two attached hydrogens (primary N) is 1. The second-order valence-electron chi connectivity index (χ2n) is 5.52. The Labute approximate surface area is 118 Å². The van der Waals surface area contributed by atoms with Crippen molar-refractivity contribution in [3.8, 4) is 0 Å². The van der Waals surface area contributed by atoms with Crippen molar-refractivity contribution in [1.29, 1.82) is 0 Å². The molecule has 2 rings (SSSR count). The van der Waals surface area contributed by atoms with Gasteiger partial charge in [0.25, 0.3) is 0 Å². The van der Waals surface area contributed by atoms with Gasteiger partial charge in [0, 0.05) is 21.9 Å². The highest BCUT2D eigenvalue weighted by Crippen LogP contribution is 2.32. The van der Waals surface area contributed by atoms with E-state index in [1.54, 1.807) is 0 Å². The number of nitrogens with one attached hydrogen (secondary N) is 1. The van der Waals surface area contributed by atoms with Crippen molar-refractivity contribution in [1.82, 2.24) is 0 Å². The van der Waals surface area contributed by atoms with Gasteiger partial charge < -0.3 is 11.1 Å². The molecule has 1 saturated carbocycles. The maximum absolute atomic E-state index is 5.91. The van der Waals surface area contributed by atoms with E-state index in [-0.39, 0.29) is 0 Å². The van der Waals surface area contributed by atoms with Crippen LogP contribution in [-0.4, -0.2) is 6.04 Å². The minimum atomic E-state index is 0.532. The zero-order valence-corrected chi connectivity index (χ0v) is 12.9. The fourth-order valence-electron chi connectivity index (χ4n) is 2.80. The molecular formula is C15H23BrN2. The molecule has 0 amide bonds. The van der Waals surface area contributed by atoms with Crippen LogP contribution in [0.25, 0.3) is 0 Å². The molecular weight excluding hydrogens is 288 g/mol. The van der Waals surface area contributed by atoms with Gasteiger partial charge in [0.1, 0.15) is 0 Å². The zero-order valence-electron chi connectivity index (χ0n) is 11.3. The lowest BCUT2D eigenvalue weighted by Crippen LogP contribution is -2.27. The molecule has 18 heavy (non-hydrogen) atoms. The maximum Gasteiger partial charge on any atom is 0.0490 e. The largest absolute Gasteiger partial charge is 0.398 e. The first-order valence-electron chi connectivity index (χ1n) is 6.90. The molecule has 2 nitrogen and oxygen atoms in total. The zero-order chi connectivity index (χ0) is 13.1. The topological polar surface area (TPSA) is 38.0 Å². The van der Waals surface area contributed by atoms with Crippen LogP contribution < -0.4 is 11.1 Å². The third-order valence-corrected chi connectivity index (χ3v) is 4.75. The predicted octanol–water partition coefficient (Wildman–Crippen LogP) is 4.72. The Morgan fingerprint density at radius 2 is 1.94 bits per heavy atom. The second-order valence-corrected chi connectivity index (χ2v) is 6.37. The quantitative estimate of drug-likeness (QED) is 0.793. The summed E-state index contributed by atoms with van der Waals surface area (Å²) in [5.74, 6) is 0.809. The first kappa shape index (κ1) is 13.7. The van der Waals surface area contributed by atoms with Crippen LogP contribution in [0.1, 0.15) is 44.6 Å². The van der Waals surface area contributed by atoms with Crippen LogP contribution in [0.15, 0.2) is 16.6 Å². The van der Waals surface area contributed by atoms with Gasteiger partial charge in [-0.05, 0) is 66.2 Å². The third-order valence-electron chi connectivity index (χ3n) is 4.10. The summed E-state index contributed by atoms with van der Waals surface area (Å²) >= 11 is 3.59. The van der Waals surface area contributed by atoms with Crippen LogP contribution in [0.5, 0.6) is 0 Å². The van der Waals surface area contributed by atoms with Gasteiger partial charge >= 0.3 is 0 Å². The van der Waals surface area contributed by atoms with E-state index in [2.05, 4.69) is 41.2 Å². The number of benzene rings is 1. The van der Waals surface area contributed by atoms with Gasteiger partial charge in [-0.2, -0.15) is 0 Å². The Morgan fingerprint density at radius 1 is 1.28 bits per heavy atom. The molecule has 100 valence electrons. The molecule has 1 fully saturated rings. The molecule has 0 bridgehead atoms. The molecule has 1 aliphatic rings.